The van der Waals surface area contributed by atoms with Gasteiger partial charge in [0, 0.05) is 31.4 Å². The molecule has 2 aromatic rings. The Bertz CT molecular complexity index is 635. The first kappa shape index (κ1) is 15.5. The van der Waals surface area contributed by atoms with Crippen LogP contribution in [0, 0.1) is 0 Å². The van der Waals surface area contributed by atoms with E-state index in [9.17, 15) is 9.90 Å². The highest BCUT2D eigenvalue weighted by atomic mass is 16.6. The van der Waals surface area contributed by atoms with Crippen molar-refractivity contribution in [2.45, 2.75) is 25.4 Å². The second-order valence-corrected chi connectivity index (χ2v) is 5.73. The van der Waals surface area contributed by atoms with Crippen molar-refractivity contribution >= 4 is 6.09 Å². The van der Waals surface area contributed by atoms with Crippen LogP contribution < -0.4 is 4.74 Å². The van der Waals surface area contributed by atoms with Gasteiger partial charge in [-0.2, -0.15) is 0 Å². The maximum Gasteiger partial charge on any atom is 0.415 e. The van der Waals surface area contributed by atoms with Gasteiger partial charge in [0.05, 0.1) is 6.10 Å². The lowest BCUT2D eigenvalue weighted by Crippen LogP contribution is -2.41. The number of piperidine rings is 1. The molecule has 5 nitrogen and oxygen atoms in total. The first-order chi connectivity index (χ1) is 11.2. The predicted molar refractivity (Wildman–Crippen MR) is 86.3 cm³/mol. The summed E-state index contributed by atoms with van der Waals surface area (Å²) < 4.78 is 5.38. The highest BCUT2D eigenvalue weighted by Crippen LogP contribution is 2.17. The predicted octanol–water partition coefficient (Wildman–Crippen LogP) is 2.63. The summed E-state index contributed by atoms with van der Waals surface area (Å²) >= 11 is 0. The van der Waals surface area contributed by atoms with Crippen LogP contribution in [0.1, 0.15) is 24.1 Å². The average molecular weight is 312 g/mol. The molecule has 120 valence electrons. The number of rotatable bonds is 3. The number of carbonyl (C=O) groups is 1. The summed E-state index contributed by atoms with van der Waals surface area (Å²) in [5.41, 5.74) is 2.12. The molecule has 0 aliphatic carbocycles. The van der Waals surface area contributed by atoms with Crippen LogP contribution in [0.3, 0.4) is 0 Å². The van der Waals surface area contributed by atoms with Gasteiger partial charge in [-0.3, -0.25) is 4.98 Å². The summed E-state index contributed by atoms with van der Waals surface area (Å²) in [6.07, 6.45) is 3.09. The van der Waals surface area contributed by atoms with E-state index in [1.807, 2.05) is 30.3 Å². The van der Waals surface area contributed by atoms with Crippen LogP contribution in [0.15, 0.2) is 48.7 Å². The second kappa shape index (κ2) is 7.24. The maximum atomic E-state index is 12.1. The van der Waals surface area contributed by atoms with E-state index in [2.05, 4.69) is 4.98 Å². The Hall–Kier alpha value is -2.40. The summed E-state index contributed by atoms with van der Waals surface area (Å²) in [6, 6.07) is 13.3. The van der Waals surface area contributed by atoms with Crippen LogP contribution in [0.2, 0.25) is 0 Å². The van der Waals surface area contributed by atoms with Gasteiger partial charge in [-0.1, -0.05) is 18.2 Å². The number of ether oxygens (including phenoxy) is 1. The van der Waals surface area contributed by atoms with Crippen molar-refractivity contribution in [1.29, 1.82) is 0 Å². The average Bonchev–Trinajstić information content (AvgIpc) is 2.58. The Morgan fingerprint density at radius 3 is 2.57 bits per heavy atom. The smallest absolute Gasteiger partial charge is 0.410 e. The lowest BCUT2D eigenvalue weighted by molar-refractivity contribution is 0.0798. The molecule has 0 spiro atoms. The van der Waals surface area contributed by atoms with E-state index in [0.717, 1.165) is 17.7 Å². The topological polar surface area (TPSA) is 62.7 Å². The normalized spacial score (nSPS) is 15.4. The number of pyridine rings is 1. The van der Waals surface area contributed by atoms with Crippen molar-refractivity contribution < 1.29 is 14.6 Å². The monoisotopic (exact) mass is 312 g/mol. The molecule has 0 saturated carbocycles. The summed E-state index contributed by atoms with van der Waals surface area (Å²) in [5.74, 6) is 0.533. The van der Waals surface area contributed by atoms with Crippen molar-refractivity contribution in [3.05, 3.63) is 59.9 Å². The molecule has 0 atom stereocenters. The van der Waals surface area contributed by atoms with Gasteiger partial charge in [-0.15, -0.1) is 0 Å². The van der Waals surface area contributed by atoms with Gasteiger partial charge >= 0.3 is 6.09 Å². The van der Waals surface area contributed by atoms with E-state index in [4.69, 9.17) is 4.74 Å². The van der Waals surface area contributed by atoms with Crippen molar-refractivity contribution in [1.82, 2.24) is 9.88 Å². The third-order valence-corrected chi connectivity index (χ3v) is 3.96. The largest absolute Gasteiger partial charge is 0.415 e. The number of amides is 1. The Balaban J connectivity index is 1.56. The quantitative estimate of drug-likeness (QED) is 0.946. The third kappa shape index (κ3) is 4.29. The molecule has 3 rings (SSSR count). The van der Waals surface area contributed by atoms with E-state index >= 15 is 0 Å². The molecule has 0 unspecified atom stereocenters. The van der Waals surface area contributed by atoms with E-state index in [-0.39, 0.29) is 12.2 Å². The molecule has 1 saturated heterocycles. The molecular weight excluding hydrogens is 292 g/mol. The molecule has 1 aliphatic heterocycles. The van der Waals surface area contributed by atoms with Crippen molar-refractivity contribution in [2.24, 2.45) is 0 Å². The lowest BCUT2D eigenvalue weighted by Gasteiger charge is -2.28. The number of benzene rings is 1. The highest BCUT2D eigenvalue weighted by molar-refractivity contribution is 5.70. The van der Waals surface area contributed by atoms with Gasteiger partial charge in [0.25, 0.3) is 0 Å². The first-order valence-corrected chi connectivity index (χ1v) is 7.84. The number of carbonyl (C=O) groups excluding carboxylic acids is 1. The van der Waals surface area contributed by atoms with Crippen LogP contribution in [0.5, 0.6) is 5.75 Å². The SMILES string of the molecule is O=C(Oc1ccc(Cc2ccccn2)cc1)N1CCC(O)CC1. The molecule has 1 aromatic carbocycles. The molecule has 1 aliphatic rings. The fraction of sp³-hybridized carbons (Fsp3) is 0.333. The Kier molecular flexibility index (Phi) is 4.88. The van der Waals surface area contributed by atoms with E-state index < -0.39 is 0 Å². The summed E-state index contributed by atoms with van der Waals surface area (Å²) in [6.45, 7) is 1.08. The summed E-state index contributed by atoms with van der Waals surface area (Å²) in [7, 11) is 0. The maximum absolute atomic E-state index is 12.1. The van der Waals surface area contributed by atoms with Crippen LogP contribution >= 0.6 is 0 Å². The molecule has 1 aromatic heterocycles. The molecule has 1 N–H and O–H groups in total. The Labute approximate surface area is 135 Å². The number of hydrogen-bond acceptors (Lipinski definition) is 4. The van der Waals surface area contributed by atoms with Gasteiger partial charge in [0.15, 0.2) is 0 Å². The van der Waals surface area contributed by atoms with E-state index in [0.29, 0.717) is 31.7 Å². The Morgan fingerprint density at radius 2 is 1.91 bits per heavy atom. The number of likely N-dealkylation sites (tertiary alicyclic amines) is 1. The zero-order valence-corrected chi connectivity index (χ0v) is 12.9. The van der Waals surface area contributed by atoms with Crippen LogP contribution in [0.25, 0.3) is 0 Å². The third-order valence-electron chi connectivity index (χ3n) is 3.96. The van der Waals surface area contributed by atoms with Crippen LogP contribution in [-0.4, -0.2) is 40.3 Å². The second-order valence-electron chi connectivity index (χ2n) is 5.73. The molecular formula is C18H20N2O3. The number of hydrogen-bond donors (Lipinski definition) is 1. The minimum absolute atomic E-state index is 0.301. The molecule has 23 heavy (non-hydrogen) atoms. The van der Waals surface area contributed by atoms with E-state index in [1.165, 1.54) is 0 Å². The van der Waals surface area contributed by atoms with Gasteiger partial charge in [0.1, 0.15) is 5.75 Å². The summed E-state index contributed by atoms with van der Waals surface area (Å²) in [5, 5.41) is 9.47. The molecule has 0 radical (unpaired) electrons. The van der Waals surface area contributed by atoms with Gasteiger partial charge in [-0.25, -0.2) is 4.79 Å². The molecule has 1 amide bonds. The fourth-order valence-corrected chi connectivity index (χ4v) is 2.60. The standard InChI is InChI=1S/C18H20N2O3/c21-16-8-11-20(12-9-16)18(22)23-17-6-4-14(5-7-17)13-15-3-1-2-10-19-15/h1-7,10,16,21H,8-9,11-13H2. The minimum Gasteiger partial charge on any atom is -0.410 e. The Morgan fingerprint density at radius 1 is 1.17 bits per heavy atom. The zero-order chi connectivity index (χ0) is 16.1. The summed E-state index contributed by atoms with van der Waals surface area (Å²) in [4.78, 5) is 18.0. The van der Waals surface area contributed by atoms with E-state index in [1.54, 1.807) is 23.2 Å². The number of nitrogens with zero attached hydrogens (tertiary/aromatic N) is 2. The number of aromatic nitrogens is 1. The molecule has 1 fully saturated rings. The number of aliphatic hydroxyl groups excluding tert-OH is 1. The van der Waals surface area contributed by atoms with Crippen LogP contribution in [-0.2, 0) is 6.42 Å². The van der Waals surface area contributed by atoms with Crippen molar-refractivity contribution in [3.63, 3.8) is 0 Å². The molecule has 0 bridgehead atoms. The molecule has 5 heteroatoms. The van der Waals surface area contributed by atoms with Gasteiger partial charge < -0.3 is 14.7 Å². The van der Waals surface area contributed by atoms with Gasteiger partial charge in [0.2, 0.25) is 0 Å². The minimum atomic E-state index is -0.352. The zero-order valence-electron chi connectivity index (χ0n) is 12.9. The van der Waals surface area contributed by atoms with Crippen molar-refractivity contribution in [3.8, 4) is 5.75 Å². The van der Waals surface area contributed by atoms with Crippen molar-refractivity contribution in [2.75, 3.05) is 13.1 Å². The van der Waals surface area contributed by atoms with Crippen LogP contribution in [0.4, 0.5) is 4.79 Å². The number of aliphatic hydroxyl groups is 1. The fourth-order valence-electron chi connectivity index (χ4n) is 2.60. The highest BCUT2D eigenvalue weighted by Gasteiger charge is 2.22. The molecule has 2 heterocycles. The first-order valence-electron chi connectivity index (χ1n) is 7.84. The van der Waals surface area contributed by atoms with Gasteiger partial charge in [-0.05, 0) is 42.7 Å². The lowest BCUT2D eigenvalue weighted by atomic mass is 10.1.